The monoisotopic (exact) mass is 443 g/mol. The summed E-state index contributed by atoms with van der Waals surface area (Å²) in [4.78, 5) is 44.8. The number of anilines is 1. The molecule has 13 nitrogen and oxygen atoms in total. The summed E-state index contributed by atoms with van der Waals surface area (Å²) >= 11 is 1.01. The summed E-state index contributed by atoms with van der Waals surface area (Å²) in [7, 11) is -4.12. The molecule has 2 rings (SSSR count). The van der Waals surface area contributed by atoms with Gasteiger partial charge in [0.25, 0.3) is 11.8 Å². The third-order valence-electron chi connectivity index (χ3n) is 3.27. The predicted octanol–water partition coefficient (Wildman–Crippen LogP) is -5.20. The number of nitrogens with one attached hydrogen (secondary N) is 1. The van der Waals surface area contributed by atoms with Gasteiger partial charge >= 0.3 is 35.5 Å². The van der Waals surface area contributed by atoms with Crippen molar-refractivity contribution in [1.82, 2.24) is 14.6 Å². The number of oxime groups is 1. The summed E-state index contributed by atoms with van der Waals surface area (Å²) < 4.78 is 38.1. The summed E-state index contributed by atoms with van der Waals surface area (Å²) in [5.74, 6) is -3.45. The molecule has 0 bridgehead atoms. The maximum Gasteiger partial charge on any atom is 1.00 e. The standard InChI is InChI=1S/C12H15N5O8S2.Na/c1-3-25-11(20)8-7(10(19)17(8)27(21,22)23)15-9(18)6(16-24-2)5-4-26-12(13)14-5;/h4,7-8H,3H2,1-2H3,(H2,13,14)(H,15,18)(H,21,22,23);/q;+1/p-1/t7-,8-;/m0./s1. The average molecular weight is 443 g/mol. The molecule has 0 spiro atoms. The number of β-lactam (4-membered cyclic amide) rings is 1. The first-order chi connectivity index (χ1) is 12.6. The topological polar surface area (TPSA) is 193 Å². The van der Waals surface area contributed by atoms with E-state index in [9.17, 15) is 27.4 Å². The molecule has 148 valence electrons. The molecule has 1 aliphatic heterocycles. The fraction of sp³-hybridized carbons (Fsp3) is 0.417. The Hall–Kier alpha value is -1.78. The number of thiazole rings is 1. The number of ether oxygens (including phenoxy) is 1. The van der Waals surface area contributed by atoms with Crippen LogP contribution in [-0.4, -0.2) is 71.6 Å². The van der Waals surface area contributed by atoms with E-state index in [1.54, 1.807) is 0 Å². The Bertz CT molecular complexity index is 902. The van der Waals surface area contributed by atoms with Crippen LogP contribution in [-0.2, 0) is 34.3 Å². The van der Waals surface area contributed by atoms with Crippen molar-refractivity contribution >= 4 is 50.3 Å². The first-order valence-corrected chi connectivity index (χ1v) is 9.45. The SMILES string of the molecule is CCOC(=O)[C@@H]1[C@H](NC(=O)C(=NOC)c2csc(N)n2)C(=O)N1S(=O)(=O)[O-].[Na+]. The van der Waals surface area contributed by atoms with Crippen LogP contribution in [0, 0.1) is 0 Å². The molecule has 1 saturated heterocycles. The number of hydrogen-bond donors (Lipinski definition) is 2. The summed E-state index contributed by atoms with van der Waals surface area (Å²) in [5, 5.41) is 7.15. The van der Waals surface area contributed by atoms with Crippen molar-refractivity contribution in [2.45, 2.75) is 19.0 Å². The molecule has 2 heterocycles. The van der Waals surface area contributed by atoms with E-state index in [1.807, 2.05) is 0 Å². The van der Waals surface area contributed by atoms with Crippen LogP contribution in [0.3, 0.4) is 0 Å². The maximum absolute atomic E-state index is 12.4. The number of nitrogen functional groups attached to an aromatic ring is 1. The second-order valence-corrected chi connectivity index (χ2v) is 7.07. The number of hydrogen-bond acceptors (Lipinski definition) is 12. The van der Waals surface area contributed by atoms with Gasteiger partial charge in [0.15, 0.2) is 27.2 Å². The molecule has 0 aromatic carbocycles. The Kier molecular flexibility index (Phi) is 8.33. The summed E-state index contributed by atoms with van der Waals surface area (Å²) in [6.07, 6.45) is 0. The van der Waals surface area contributed by atoms with E-state index >= 15 is 0 Å². The van der Waals surface area contributed by atoms with Crippen LogP contribution < -0.4 is 40.6 Å². The molecule has 0 radical (unpaired) electrons. The first-order valence-electron chi connectivity index (χ1n) is 7.20. The molecule has 28 heavy (non-hydrogen) atoms. The molecule has 3 N–H and O–H groups in total. The van der Waals surface area contributed by atoms with Crippen molar-refractivity contribution in [2.75, 3.05) is 19.5 Å². The Morgan fingerprint density at radius 3 is 2.61 bits per heavy atom. The minimum absolute atomic E-state index is 0. The van der Waals surface area contributed by atoms with Gasteiger partial charge in [0.1, 0.15) is 18.8 Å². The van der Waals surface area contributed by atoms with Crippen LogP contribution in [0.2, 0.25) is 0 Å². The minimum Gasteiger partial charge on any atom is -0.731 e. The molecule has 0 unspecified atom stereocenters. The zero-order valence-electron chi connectivity index (χ0n) is 14.9. The van der Waals surface area contributed by atoms with Gasteiger partial charge in [-0.05, 0) is 6.92 Å². The van der Waals surface area contributed by atoms with Gasteiger partial charge in [-0.15, -0.1) is 11.3 Å². The largest absolute Gasteiger partial charge is 1.00 e. The van der Waals surface area contributed by atoms with Crippen molar-refractivity contribution in [3.05, 3.63) is 11.1 Å². The van der Waals surface area contributed by atoms with Crippen molar-refractivity contribution in [2.24, 2.45) is 5.16 Å². The number of carbonyl (C=O) groups excluding carboxylic acids is 3. The van der Waals surface area contributed by atoms with E-state index in [1.165, 1.54) is 12.3 Å². The Morgan fingerprint density at radius 2 is 2.14 bits per heavy atom. The number of esters is 1. The second-order valence-electron chi connectivity index (χ2n) is 4.93. The predicted molar refractivity (Wildman–Crippen MR) is 89.0 cm³/mol. The quantitative estimate of drug-likeness (QED) is 0.103. The van der Waals surface area contributed by atoms with E-state index in [4.69, 9.17) is 5.73 Å². The molecular weight excluding hydrogens is 429 g/mol. The van der Waals surface area contributed by atoms with Crippen molar-refractivity contribution in [1.29, 1.82) is 0 Å². The van der Waals surface area contributed by atoms with E-state index < -0.39 is 40.2 Å². The Labute approximate surface area is 185 Å². The number of nitrogens with two attached hydrogens (primary N) is 1. The van der Waals surface area contributed by atoms with E-state index in [0.29, 0.717) is 0 Å². The van der Waals surface area contributed by atoms with Crippen molar-refractivity contribution < 1.29 is 66.5 Å². The number of rotatable bonds is 7. The van der Waals surface area contributed by atoms with Crippen LogP contribution in [0.5, 0.6) is 0 Å². The Balaban J connectivity index is 0.00000392. The fourth-order valence-electron chi connectivity index (χ4n) is 2.21. The molecule has 0 saturated carbocycles. The van der Waals surface area contributed by atoms with Crippen molar-refractivity contribution in [3.63, 3.8) is 0 Å². The zero-order chi connectivity index (χ0) is 20.4. The summed E-state index contributed by atoms with van der Waals surface area (Å²) in [6, 6.07) is -3.47. The molecule has 16 heteroatoms. The maximum atomic E-state index is 12.4. The van der Waals surface area contributed by atoms with Gasteiger partial charge in [-0.3, -0.25) is 9.59 Å². The normalized spacial score (nSPS) is 19.3. The molecule has 2 atom stereocenters. The number of carbonyl (C=O) groups is 3. The van der Waals surface area contributed by atoms with Crippen LogP contribution in [0.1, 0.15) is 12.6 Å². The third-order valence-corrected chi connectivity index (χ3v) is 4.83. The summed E-state index contributed by atoms with van der Waals surface area (Å²) in [5.41, 5.74) is 5.15. The molecule has 1 fully saturated rings. The van der Waals surface area contributed by atoms with E-state index in [-0.39, 0.29) is 57.0 Å². The summed E-state index contributed by atoms with van der Waals surface area (Å²) in [6.45, 7) is 1.31. The second kappa shape index (κ2) is 9.62. The molecule has 1 aromatic rings. The van der Waals surface area contributed by atoms with Crippen LogP contribution in [0.15, 0.2) is 10.5 Å². The van der Waals surface area contributed by atoms with Gasteiger partial charge < -0.3 is 25.2 Å². The van der Waals surface area contributed by atoms with Gasteiger partial charge in [0, 0.05) is 5.38 Å². The fourth-order valence-corrected chi connectivity index (χ4v) is 3.58. The Morgan fingerprint density at radius 1 is 1.50 bits per heavy atom. The molecule has 1 aromatic heterocycles. The van der Waals surface area contributed by atoms with E-state index in [2.05, 4.69) is 25.0 Å². The molecule has 0 aliphatic carbocycles. The van der Waals surface area contributed by atoms with Gasteiger partial charge in [0.05, 0.1) is 6.61 Å². The number of nitrogens with zero attached hydrogens (tertiary/aromatic N) is 3. The van der Waals surface area contributed by atoms with Gasteiger partial charge in [0.2, 0.25) is 0 Å². The number of aromatic nitrogens is 1. The van der Waals surface area contributed by atoms with E-state index in [0.717, 1.165) is 18.4 Å². The van der Waals surface area contributed by atoms with Crippen molar-refractivity contribution in [3.8, 4) is 0 Å². The molecule has 1 aliphatic rings. The zero-order valence-corrected chi connectivity index (χ0v) is 18.6. The minimum atomic E-state index is -5.28. The van der Waals surface area contributed by atoms with Crippen LogP contribution in [0.25, 0.3) is 0 Å². The van der Waals surface area contributed by atoms with Gasteiger partial charge in [-0.2, -0.15) is 0 Å². The van der Waals surface area contributed by atoms with Gasteiger partial charge in [-0.1, -0.05) is 5.16 Å². The van der Waals surface area contributed by atoms with Crippen LogP contribution in [0.4, 0.5) is 5.13 Å². The first kappa shape index (κ1) is 24.3. The molecule has 2 amide bonds. The average Bonchev–Trinajstić information content (AvgIpc) is 2.99. The number of amides is 2. The smallest absolute Gasteiger partial charge is 0.731 e. The van der Waals surface area contributed by atoms with Crippen LogP contribution >= 0.6 is 11.3 Å². The van der Waals surface area contributed by atoms with Gasteiger partial charge in [-0.25, -0.2) is 22.5 Å². The third kappa shape index (κ3) is 4.98. The molecular formula is C12H14N5NaO8S2.